The molecule has 0 unspecified atom stereocenters. The molecule has 178 valence electrons. The molecule has 2 aromatic carbocycles. The van der Waals surface area contributed by atoms with Gasteiger partial charge in [0, 0.05) is 6.54 Å². The fraction of sp³-hybridized carbons (Fsp3) is 0.333. The number of rotatable bonds is 10. The number of ether oxygens (including phenoxy) is 1. The predicted octanol–water partition coefficient (Wildman–Crippen LogP) is 1.57. The average Bonchev–Trinajstić information content (AvgIpc) is 3.34. The number of hydrogen-bond acceptors (Lipinski definition) is 8. The monoisotopic (exact) mass is 479 g/mol. The number of sulfonamides is 1. The van der Waals surface area contributed by atoms with Crippen LogP contribution in [-0.4, -0.2) is 56.2 Å². The van der Waals surface area contributed by atoms with Crippen LogP contribution in [0.1, 0.15) is 19.3 Å². The highest BCUT2D eigenvalue weighted by atomic mass is 32.2. The lowest BCUT2D eigenvalue weighted by Crippen LogP contribution is -2.51. The van der Waals surface area contributed by atoms with Gasteiger partial charge in [0.15, 0.2) is 0 Å². The number of aliphatic imine (C=N–C) groups is 1. The van der Waals surface area contributed by atoms with Crippen LogP contribution < -0.4 is 20.5 Å². The minimum absolute atomic E-state index is 0.0229. The molecule has 0 radical (unpaired) electrons. The van der Waals surface area contributed by atoms with E-state index in [0.29, 0.717) is 49.0 Å². The second kappa shape index (κ2) is 11.2. The number of amides is 1. The van der Waals surface area contributed by atoms with Crippen LogP contribution >= 0.6 is 0 Å². The molecule has 1 atom stereocenters. The Morgan fingerprint density at radius 2 is 1.82 bits per heavy atom. The van der Waals surface area contributed by atoms with Crippen LogP contribution in [0.2, 0.25) is 0 Å². The molecule has 1 heterocycles. The topological polar surface area (TPSA) is 146 Å². The zero-order valence-corrected chi connectivity index (χ0v) is 18.6. The van der Waals surface area contributed by atoms with Crippen molar-refractivity contribution in [1.29, 1.82) is 0 Å². The number of guanidine groups is 1. The average molecular weight is 480 g/mol. The Balaban J connectivity index is 1.72. The second-order valence-corrected chi connectivity index (χ2v) is 8.98. The van der Waals surface area contributed by atoms with Gasteiger partial charge in [0.2, 0.25) is 16.0 Å². The Morgan fingerprint density at radius 1 is 1.18 bits per heavy atom. The number of hydrogen-bond donors (Lipinski definition) is 4. The lowest BCUT2D eigenvalue weighted by molar-refractivity contribution is -0.151. The van der Waals surface area contributed by atoms with Crippen LogP contribution in [0.5, 0.6) is 11.5 Å². The maximum absolute atomic E-state index is 13.0. The zero-order valence-electron chi connectivity index (χ0n) is 17.8. The van der Waals surface area contributed by atoms with Crippen LogP contribution in [0.3, 0.4) is 0 Å². The predicted molar refractivity (Wildman–Crippen MR) is 119 cm³/mol. The molecule has 5 N–H and O–H groups in total. The molecule has 0 fully saturated rings. The SMILES string of the molecule is NCCCC[C@@H](NS(=O)(=O)c1ccc(Oc2ccc(F)cc2)cc1)C(=O)N(O)C1=NCCN1. The number of nitrogens with one attached hydrogen (secondary N) is 2. The molecule has 0 aliphatic carbocycles. The number of carbonyl (C=O) groups is 1. The second-order valence-electron chi connectivity index (χ2n) is 7.27. The Bertz CT molecular complexity index is 1080. The highest BCUT2D eigenvalue weighted by molar-refractivity contribution is 7.89. The molecule has 1 aliphatic heterocycles. The van der Waals surface area contributed by atoms with Gasteiger partial charge in [-0.25, -0.2) is 17.8 Å². The van der Waals surface area contributed by atoms with Gasteiger partial charge < -0.3 is 15.8 Å². The van der Waals surface area contributed by atoms with Crippen molar-refractivity contribution < 1.29 is 27.5 Å². The smallest absolute Gasteiger partial charge is 0.271 e. The van der Waals surface area contributed by atoms with Gasteiger partial charge in [0.05, 0.1) is 11.4 Å². The van der Waals surface area contributed by atoms with Gasteiger partial charge in [-0.15, -0.1) is 0 Å². The largest absolute Gasteiger partial charge is 0.457 e. The molecule has 1 aliphatic rings. The standard InChI is InChI=1S/C21H26FN5O5S/c22-15-4-6-16(7-5-15)32-17-8-10-18(11-9-17)33(30,31)26-19(3-1-2-12-23)20(28)27(29)21-24-13-14-25-21/h4-11,19,26,29H,1-3,12-14,23H2,(H,24,25)/t19-/m1/s1. The van der Waals surface area contributed by atoms with Gasteiger partial charge in [-0.05, 0) is 67.9 Å². The summed E-state index contributed by atoms with van der Waals surface area (Å²) in [6.07, 6.45) is 1.21. The van der Waals surface area contributed by atoms with Gasteiger partial charge in [0.25, 0.3) is 5.91 Å². The molecule has 0 saturated heterocycles. The molecule has 0 aromatic heterocycles. The van der Waals surface area contributed by atoms with E-state index in [4.69, 9.17) is 10.5 Å². The van der Waals surface area contributed by atoms with Crippen molar-refractivity contribution in [3.63, 3.8) is 0 Å². The summed E-state index contributed by atoms with van der Waals surface area (Å²) in [6.45, 7) is 1.26. The molecule has 1 amide bonds. The summed E-state index contributed by atoms with van der Waals surface area (Å²) in [5, 5.41) is 13.3. The summed E-state index contributed by atoms with van der Waals surface area (Å²) >= 11 is 0. The van der Waals surface area contributed by atoms with Crippen molar-refractivity contribution >= 4 is 21.9 Å². The lowest BCUT2D eigenvalue weighted by atomic mass is 10.1. The van der Waals surface area contributed by atoms with E-state index in [9.17, 15) is 22.8 Å². The Kier molecular flexibility index (Phi) is 8.33. The van der Waals surface area contributed by atoms with E-state index in [1.807, 2.05) is 0 Å². The van der Waals surface area contributed by atoms with Crippen LogP contribution in [0.15, 0.2) is 58.4 Å². The van der Waals surface area contributed by atoms with E-state index < -0.39 is 27.8 Å². The fourth-order valence-electron chi connectivity index (χ4n) is 3.09. The molecule has 3 rings (SSSR count). The number of unbranched alkanes of at least 4 members (excludes halogenated alkanes) is 1. The van der Waals surface area contributed by atoms with E-state index in [1.165, 1.54) is 48.5 Å². The fourth-order valence-corrected chi connectivity index (χ4v) is 4.31. The summed E-state index contributed by atoms with van der Waals surface area (Å²) in [5.41, 5.74) is 5.50. The first-order valence-corrected chi connectivity index (χ1v) is 11.9. The minimum Gasteiger partial charge on any atom is -0.457 e. The first-order valence-electron chi connectivity index (χ1n) is 10.4. The molecule has 0 saturated carbocycles. The molecule has 0 bridgehead atoms. The van der Waals surface area contributed by atoms with Crippen molar-refractivity contribution in [3.8, 4) is 11.5 Å². The minimum atomic E-state index is -4.10. The van der Waals surface area contributed by atoms with E-state index in [1.54, 1.807) is 0 Å². The summed E-state index contributed by atoms with van der Waals surface area (Å²) < 4.78 is 46.8. The van der Waals surface area contributed by atoms with Crippen LogP contribution in [0, 0.1) is 5.82 Å². The van der Waals surface area contributed by atoms with E-state index in [0.717, 1.165) is 0 Å². The Hall–Kier alpha value is -3.06. The number of nitrogens with zero attached hydrogens (tertiary/aromatic N) is 2. The van der Waals surface area contributed by atoms with E-state index in [-0.39, 0.29) is 17.3 Å². The van der Waals surface area contributed by atoms with Gasteiger partial charge in [-0.2, -0.15) is 9.79 Å². The number of hydroxylamine groups is 2. The summed E-state index contributed by atoms with van der Waals surface area (Å²) in [6, 6.07) is 9.70. The van der Waals surface area contributed by atoms with Crippen molar-refractivity contribution in [1.82, 2.24) is 15.1 Å². The third kappa shape index (κ3) is 6.71. The van der Waals surface area contributed by atoms with E-state index in [2.05, 4.69) is 15.0 Å². The Morgan fingerprint density at radius 3 is 2.39 bits per heavy atom. The van der Waals surface area contributed by atoms with Crippen molar-refractivity contribution in [2.75, 3.05) is 19.6 Å². The Labute approximate surface area is 191 Å². The molecule has 0 spiro atoms. The van der Waals surface area contributed by atoms with Crippen LogP contribution in [0.4, 0.5) is 4.39 Å². The molecule has 10 nitrogen and oxygen atoms in total. The zero-order chi connectivity index (χ0) is 23.8. The first-order chi connectivity index (χ1) is 15.8. The number of nitrogens with two attached hydrogens (primary N) is 1. The third-order valence-corrected chi connectivity index (χ3v) is 6.28. The highest BCUT2D eigenvalue weighted by Gasteiger charge is 2.31. The van der Waals surface area contributed by atoms with Gasteiger partial charge >= 0.3 is 0 Å². The number of carbonyl (C=O) groups excluding carboxylic acids is 1. The van der Waals surface area contributed by atoms with Crippen LogP contribution in [0.25, 0.3) is 0 Å². The number of benzene rings is 2. The molecule has 12 heteroatoms. The van der Waals surface area contributed by atoms with Crippen molar-refractivity contribution in [2.45, 2.75) is 30.2 Å². The summed E-state index contributed by atoms with van der Waals surface area (Å²) in [7, 11) is -4.10. The molecule has 33 heavy (non-hydrogen) atoms. The van der Waals surface area contributed by atoms with Crippen molar-refractivity contribution in [3.05, 3.63) is 54.3 Å². The lowest BCUT2D eigenvalue weighted by Gasteiger charge is -2.22. The summed E-state index contributed by atoms with van der Waals surface area (Å²) in [5.74, 6) is -0.530. The quantitative estimate of drug-likeness (QED) is 0.230. The van der Waals surface area contributed by atoms with Crippen LogP contribution in [-0.2, 0) is 14.8 Å². The molecular weight excluding hydrogens is 453 g/mol. The van der Waals surface area contributed by atoms with Gasteiger partial charge in [-0.3, -0.25) is 10.0 Å². The first kappa shape index (κ1) is 24.6. The van der Waals surface area contributed by atoms with E-state index >= 15 is 0 Å². The van der Waals surface area contributed by atoms with Gasteiger partial charge in [-0.1, -0.05) is 6.42 Å². The number of halogens is 1. The highest BCUT2D eigenvalue weighted by Crippen LogP contribution is 2.23. The van der Waals surface area contributed by atoms with Crippen molar-refractivity contribution in [2.24, 2.45) is 10.7 Å². The maximum Gasteiger partial charge on any atom is 0.271 e. The third-order valence-electron chi connectivity index (χ3n) is 4.79. The normalized spacial score (nSPS) is 14.3. The van der Waals surface area contributed by atoms with Gasteiger partial charge in [0.1, 0.15) is 23.4 Å². The maximum atomic E-state index is 13.0. The summed E-state index contributed by atoms with van der Waals surface area (Å²) in [4.78, 5) is 16.6. The molecular formula is C21H26FN5O5S. The molecule has 2 aromatic rings.